The Morgan fingerprint density at radius 2 is 1.69 bits per heavy atom. The number of anilines is 1. The van der Waals surface area contributed by atoms with Crippen molar-refractivity contribution in [3.05, 3.63) is 21.9 Å². The molecule has 5 nitrogen and oxygen atoms in total. The van der Waals surface area contributed by atoms with Crippen LogP contribution in [0.15, 0.2) is 12.1 Å². The number of carbonyl (C=O) groups is 2. The van der Waals surface area contributed by atoms with Gasteiger partial charge >= 0.3 is 5.97 Å². The molecule has 1 amide bonds. The molecule has 1 unspecified atom stereocenters. The van der Waals surface area contributed by atoms with E-state index in [1.54, 1.807) is 0 Å². The number of nitrogens with zero attached hydrogens (tertiary/aromatic N) is 1. The lowest BCUT2D eigenvalue weighted by Gasteiger charge is -2.38. The highest BCUT2D eigenvalue weighted by atomic mass is 32.1. The highest BCUT2D eigenvalue weighted by Crippen LogP contribution is 2.43. The van der Waals surface area contributed by atoms with Gasteiger partial charge in [0.25, 0.3) is 0 Å². The van der Waals surface area contributed by atoms with Gasteiger partial charge < -0.3 is 15.1 Å². The number of aromatic carboxylic acids is 1. The number of carboxylic acid groups (broad SMARTS) is 1. The number of allylic oxidation sites excluding steroid dienone is 2. The SMILES string of the molecule is CC1CCC(C(=O)N(c2cc(C3=CCCCC3C)sc2C(=O)O)C2CCC(O)CC2)CC1. The molecule has 0 saturated heterocycles. The summed E-state index contributed by atoms with van der Waals surface area (Å²) in [6.07, 6.45) is 11.9. The summed E-state index contributed by atoms with van der Waals surface area (Å²) in [6.45, 7) is 4.45. The molecule has 0 bridgehead atoms. The van der Waals surface area contributed by atoms with Gasteiger partial charge in [0.05, 0.1) is 11.8 Å². The maximum absolute atomic E-state index is 13.9. The molecule has 176 valence electrons. The van der Waals surface area contributed by atoms with Crippen LogP contribution >= 0.6 is 11.3 Å². The Labute approximate surface area is 195 Å². The summed E-state index contributed by atoms with van der Waals surface area (Å²) in [5, 5.41) is 20.1. The molecule has 0 aliphatic heterocycles. The summed E-state index contributed by atoms with van der Waals surface area (Å²) < 4.78 is 0. The summed E-state index contributed by atoms with van der Waals surface area (Å²) in [6, 6.07) is 1.94. The zero-order valence-electron chi connectivity index (χ0n) is 19.4. The molecule has 6 heteroatoms. The Morgan fingerprint density at radius 1 is 1.00 bits per heavy atom. The van der Waals surface area contributed by atoms with E-state index in [1.165, 1.54) is 23.3 Å². The average Bonchev–Trinajstić information content (AvgIpc) is 3.21. The molecule has 1 atom stereocenters. The number of rotatable bonds is 5. The van der Waals surface area contributed by atoms with Crippen molar-refractivity contribution in [1.29, 1.82) is 0 Å². The summed E-state index contributed by atoms with van der Waals surface area (Å²) in [4.78, 5) is 29.3. The topological polar surface area (TPSA) is 77.8 Å². The molecule has 3 aliphatic rings. The fourth-order valence-electron chi connectivity index (χ4n) is 5.75. The Kier molecular flexibility index (Phi) is 7.40. The first-order valence-corrected chi connectivity index (χ1v) is 13.3. The summed E-state index contributed by atoms with van der Waals surface area (Å²) in [5.41, 5.74) is 1.81. The van der Waals surface area contributed by atoms with E-state index in [9.17, 15) is 19.8 Å². The minimum absolute atomic E-state index is 0.0316. The first-order chi connectivity index (χ1) is 15.3. The van der Waals surface area contributed by atoms with Gasteiger partial charge in [0.1, 0.15) is 4.88 Å². The normalized spacial score (nSPS) is 31.1. The third-order valence-electron chi connectivity index (χ3n) is 7.82. The molecule has 0 aromatic carbocycles. The van der Waals surface area contributed by atoms with Crippen molar-refractivity contribution in [1.82, 2.24) is 0 Å². The quantitative estimate of drug-likeness (QED) is 0.557. The van der Waals surface area contributed by atoms with Gasteiger partial charge in [-0.15, -0.1) is 11.3 Å². The second-order valence-electron chi connectivity index (χ2n) is 10.2. The largest absolute Gasteiger partial charge is 0.477 e. The lowest BCUT2D eigenvalue weighted by Crippen LogP contribution is -2.47. The van der Waals surface area contributed by atoms with Crippen LogP contribution in [0.5, 0.6) is 0 Å². The van der Waals surface area contributed by atoms with Crippen molar-refractivity contribution in [3.63, 3.8) is 0 Å². The summed E-state index contributed by atoms with van der Waals surface area (Å²) >= 11 is 1.32. The number of hydrogen-bond acceptors (Lipinski definition) is 4. The highest BCUT2D eigenvalue weighted by molar-refractivity contribution is 7.15. The highest BCUT2D eigenvalue weighted by Gasteiger charge is 2.37. The van der Waals surface area contributed by atoms with Crippen LogP contribution in [0.1, 0.15) is 99.0 Å². The Hall–Kier alpha value is -1.66. The van der Waals surface area contributed by atoms with Crippen LogP contribution in [0.4, 0.5) is 5.69 Å². The number of thiophene rings is 1. The average molecular weight is 460 g/mol. The number of carboxylic acids is 1. The van der Waals surface area contributed by atoms with Gasteiger partial charge in [-0.2, -0.15) is 0 Å². The van der Waals surface area contributed by atoms with E-state index >= 15 is 0 Å². The van der Waals surface area contributed by atoms with Crippen LogP contribution in [0.2, 0.25) is 0 Å². The van der Waals surface area contributed by atoms with Crippen molar-refractivity contribution >= 4 is 34.5 Å². The lowest BCUT2D eigenvalue weighted by atomic mass is 9.81. The minimum Gasteiger partial charge on any atom is -0.477 e. The zero-order chi connectivity index (χ0) is 22.8. The molecule has 1 aromatic rings. The minimum atomic E-state index is -0.953. The molecule has 0 spiro atoms. The van der Waals surface area contributed by atoms with Gasteiger partial charge in [0.15, 0.2) is 0 Å². The van der Waals surface area contributed by atoms with E-state index in [1.807, 2.05) is 11.0 Å². The number of aliphatic hydroxyl groups excluding tert-OH is 1. The van der Waals surface area contributed by atoms with Gasteiger partial charge in [-0.25, -0.2) is 4.79 Å². The summed E-state index contributed by atoms with van der Waals surface area (Å²) in [7, 11) is 0. The van der Waals surface area contributed by atoms with Crippen LogP contribution in [-0.4, -0.2) is 34.2 Å². The fraction of sp³-hybridized carbons (Fsp3) is 0.692. The van der Waals surface area contributed by atoms with Crippen molar-refractivity contribution in [2.45, 2.75) is 96.6 Å². The predicted octanol–water partition coefficient (Wildman–Crippen LogP) is 6.11. The third-order valence-corrected chi connectivity index (χ3v) is 8.98. The number of carbonyl (C=O) groups excluding carboxylic acids is 1. The first kappa shape index (κ1) is 23.5. The monoisotopic (exact) mass is 459 g/mol. The fourth-order valence-corrected chi connectivity index (χ4v) is 6.90. The van der Waals surface area contributed by atoms with Crippen molar-refractivity contribution < 1.29 is 19.8 Å². The molecule has 32 heavy (non-hydrogen) atoms. The molecule has 2 fully saturated rings. The van der Waals surface area contributed by atoms with Crippen molar-refractivity contribution in [3.8, 4) is 0 Å². The second kappa shape index (κ2) is 10.1. The number of amides is 1. The molecule has 4 rings (SSSR count). The van der Waals surface area contributed by atoms with Crippen molar-refractivity contribution in [2.24, 2.45) is 17.8 Å². The molecule has 1 heterocycles. The predicted molar refractivity (Wildman–Crippen MR) is 129 cm³/mol. The molecule has 1 aromatic heterocycles. The molecular formula is C26H37NO4S. The van der Waals surface area contributed by atoms with Crippen LogP contribution in [0.3, 0.4) is 0 Å². The van der Waals surface area contributed by atoms with E-state index in [0.29, 0.717) is 30.4 Å². The van der Waals surface area contributed by atoms with Crippen LogP contribution in [0, 0.1) is 17.8 Å². The maximum atomic E-state index is 13.9. The molecule has 2 saturated carbocycles. The van der Waals surface area contributed by atoms with E-state index in [2.05, 4.69) is 19.9 Å². The standard InChI is InChI=1S/C26H37NO4S/c1-16-7-9-18(10-8-16)25(29)27(19-11-13-20(28)14-12-19)22-15-23(32-24(22)26(30)31)21-6-4-3-5-17(21)2/h6,15-20,28H,3-5,7-14H2,1-2H3,(H,30,31). The second-order valence-corrected chi connectivity index (χ2v) is 11.3. The van der Waals surface area contributed by atoms with Gasteiger partial charge in [-0.1, -0.05) is 19.9 Å². The molecule has 0 radical (unpaired) electrons. The van der Waals surface area contributed by atoms with Gasteiger partial charge in [-0.3, -0.25) is 4.79 Å². The Balaban J connectivity index is 1.72. The first-order valence-electron chi connectivity index (χ1n) is 12.4. The maximum Gasteiger partial charge on any atom is 0.348 e. The van der Waals surface area contributed by atoms with Gasteiger partial charge in [0, 0.05) is 16.8 Å². The van der Waals surface area contributed by atoms with E-state index < -0.39 is 5.97 Å². The zero-order valence-corrected chi connectivity index (χ0v) is 20.2. The number of aliphatic hydroxyl groups is 1. The van der Waals surface area contributed by atoms with Crippen molar-refractivity contribution in [2.75, 3.05) is 4.90 Å². The number of hydrogen-bond donors (Lipinski definition) is 2. The molecule has 3 aliphatic carbocycles. The van der Waals surface area contributed by atoms with E-state index in [4.69, 9.17) is 0 Å². The third kappa shape index (κ3) is 4.96. The van der Waals surface area contributed by atoms with E-state index in [-0.39, 0.29) is 28.8 Å². The lowest BCUT2D eigenvalue weighted by molar-refractivity contribution is -0.124. The smallest absolute Gasteiger partial charge is 0.348 e. The molecular weight excluding hydrogens is 422 g/mol. The summed E-state index contributed by atoms with van der Waals surface area (Å²) in [5.74, 6) is 0.169. The Bertz CT molecular complexity index is 859. The van der Waals surface area contributed by atoms with E-state index in [0.717, 1.165) is 56.2 Å². The van der Waals surface area contributed by atoms with Gasteiger partial charge in [0.2, 0.25) is 5.91 Å². The van der Waals surface area contributed by atoms with Gasteiger partial charge in [-0.05, 0) is 94.1 Å². The van der Waals surface area contributed by atoms with Crippen LogP contribution in [-0.2, 0) is 4.79 Å². The Morgan fingerprint density at radius 3 is 2.31 bits per heavy atom. The van der Waals surface area contributed by atoms with Crippen LogP contribution in [0.25, 0.3) is 5.57 Å². The molecule has 2 N–H and O–H groups in total. The van der Waals surface area contributed by atoms with Crippen LogP contribution < -0.4 is 4.90 Å².